The van der Waals surface area contributed by atoms with Gasteiger partial charge < -0.3 is 14.5 Å². The van der Waals surface area contributed by atoms with E-state index in [4.69, 9.17) is 16.3 Å². The van der Waals surface area contributed by atoms with Gasteiger partial charge in [-0.2, -0.15) is 0 Å². The summed E-state index contributed by atoms with van der Waals surface area (Å²) < 4.78 is 45.9. The molecule has 0 spiro atoms. The molecule has 160 valence electrons. The van der Waals surface area contributed by atoms with E-state index in [1.54, 1.807) is 12.1 Å². The number of piperazine rings is 1. The molecule has 2 aromatic carbocycles. The van der Waals surface area contributed by atoms with Crippen LogP contribution in [-0.2, 0) is 4.79 Å². The van der Waals surface area contributed by atoms with Gasteiger partial charge in [0.1, 0.15) is 5.75 Å². The Kier molecular flexibility index (Phi) is 6.55. The highest BCUT2D eigenvalue weighted by Gasteiger charge is 2.28. The van der Waals surface area contributed by atoms with Crippen molar-refractivity contribution in [2.45, 2.75) is 13.8 Å². The van der Waals surface area contributed by atoms with Crippen LogP contribution in [0.25, 0.3) is 0 Å². The third kappa shape index (κ3) is 4.53. The van der Waals surface area contributed by atoms with Crippen LogP contribution in [0.15, 0.2) is 24.3 Å². The first kappa shape index (κ1) is 22.0. The number of carbonyl (C=O) groups excluding carboxylic acids is 2. The average Bonchev–Trinajstić information content (AvgIpc) is 2.73. The highest BCUT2D eigenvalue weighted by Crippen LogP contribution is 2.26. The van der Waals surface area contributed by atoms with Gasteiger partial charge in [-0.05, 0) is 49.2 Å². The maximum Gasteiger partial charge on any atom is 0.260 e. The fourth-order valence-corrected chi connectivity index (χ4v) is 3.36. The first-order valence-corrected chi connectivity index (χ1v) is 9.67. The number of carbonyl (C=O) groups is 2. The van der Waals surface area contributed by atoms with E-state index in [0.717, 1.165) is 17.2 Å². The van der Waals surface area contributed by atoms with E-state index in [9.17, 15) is 22.8 Å². The Morgan fingerprint density at radius 3 is 2.13 bits per heavy atom. The van der Waals surface area contributed by atoms with E-state index in [-0.39, 0.29) is 38.7 Å². The van der Waals surface area contributed by atoms with Crippen molar-refractivity contribution in [3.05, 3.63) is 63.4 Å². The molecular formula is C21H20ClF3N2O3. The van der Waals surface area contributed by atoms with Crippen LogP contribution in [0.2, 0.25) is 5.02 Å². The third-order valence-corrected chi connectivity index (χ3v) is 5.55. The summed E-state index contributed by atoms with van der Waals surface area (Å²) in [6.07, 6.45) is 0. The molecule has 5 nitrogen and oxygen atoms in total. The lowest BCUT2D eigenvalue weighted by Crippen LogP contribution is -2.51. The molecule has 1 aliphatic heterocycles. The highest BCUT2D eigenvalue weighted by molar-refractivity contribution is 6.32. The van der Waals surface area contributed by atoms with Gasteiger partial charge in [-0.1, -0.05) is 11.6 Å². The second-order valence-electron chi connectivity index (χ2n) is 7.06. The molecule has 30 heavy (non-hydrogen) atoms. The predicted molar refractivity (Wildman–Crippen MR) is 105 cm³/mol. The molecule has 2 aromatic rings. The molecule has 9 heteroatoms. The van der Waals surface area contributed by atoms with Crippen LogP contribution >= 0.6 is 11.6 Å². The molecular weight excluding hydrogens is 421 g/mol. The molecule has 1 aliphatic rings. The van der Waals surface area contributed by atoms with E-state index >= 15 is 0 Å². The first-order valence-electron chi connectivity index (χ1n) is 9.29. The van der Waals surface area contributed by atoms with Crippen LogP contribution in [0, 0.1) is 31.3 Å². The van der Waals surface area contributed by atoms with Gasteiger partial charge >= 0.3 is 0 Å². The van der Waals surface area contributed by atoms with Crippen molar-refractivity contribution in [2.75, 3.05) is 32.8 Å². The number of rotatable bonds is 4. The zero-order chi connectivity index (χ0) is 22.0. The lowest BCUT2D eigenvalue weighted by molar-refractivity contribution is -0.134. The summed E-state index contributed by atoms with van der Waals surface area (Å²) in [5.74, 6) is -5.02. The maximum absolute atomic E-state index is 13.9. The number of benzene rings is 2. The Bertz CT molecular complexity index is 969. The Morgan fingerprint density at radius 1 is 0.967 bits per heavy atom. The number of nitrogens with zero attached hydrogens (tertiary/aromatic N) is 2. The van der Waals surface area contributed by atoms with Crippen LogP contribution in [0.5, 0.6) is 5.75 Å². The summed E-state index contributed by atoms with van der Waals surface area (Å²) in [4.78, 5) is 27.7. The quantitative estimate of drug-likeness (QED) is 0.681. The van der Waals surface area contributed by atoms with Gasteiger partial charge in [0.2, 0.25) is 0 Å². The van der Waals surface area contributed by atoms with Crippen LogP contribution in [-0.4, -0.2) is 54.4 Å². The number of ether oxygens (including phenoxy) is 1. The van der Waals surface area contributed by atoms with Crippen LogP contribution in [0.1, 0.15) is 21.5 Å². The van der Waals surface area contributed by atoms with Crippen LogP contribution in [0.4, 0.5) is 13.2 Å². The summed E-state index contributed by atoms with van der Waals surface area (Å²) in [6.45, 7) is 4.23. The zero-order valence-electron chi connectivity index (χ0n) is 16.5. The fourth-order valence-electron chi connectivity index (χ4n) is 3.25. The molecule has 0 atom stereocenters. The molecule has 0 N–H and O–H groups in total. The Labute approximate surface area is 177 Å². The van der Waals surface area contributed by atoms with Gasteiger partial charge in [-0.15, -0.1) is 0 Å². The van der Waals surface area contributed by atoms with Gasteiger partial charge in [0.25, 0.3) is 11.8 Å². The zero-order valence-corrected chi connectivity index (χ0v) is 17.2. The van der Waals surface area contributed by atoms with Gasteiger partial charge in [-0.25, -0.2) is 13.2 Å². The van der Waals surface area contributed by atoms with Crippen molar-refractivity contribution in [1.29, 1.82) is 0 Å². The summed E-state index contributed by atoms with van der Waals surface area (Å²) in [7, 11) is 0. The van der Waals surface area contributed by atoms with Crippen LogP contribution in [0.3, 0.4) is 0 Å². The number of hydrogen-bond acceptors (Lipinski definition) is 3. The average molecular weight is 441 g/mol. The summed E-state index contributed by atoms with van der Waals surface area (Å²) in [6, 6.07) is 5.12. The number of hydrogen-bond donors (Lipinski definition) is 0. The molecule has 0 bridgehead atoms. The monoisotopic (exact) mass is 440 g/mol. The van der Waals surface area contributed by atoms with Crippen molar-refractivity contribution in [1.82, 2.24) is 9.80 Å². The lowest BCUT2D eigenvalue weighted by atomic mass is 10.1. The standard InChI is InChI=1S/C21H20ClF3N2O3/c1-12-9-14(10-13(2)18(12)22)30-11-17(28)26-5-7-27(8-6-26)21(29)15-3-4-16(23)20(25)19(15)24/h3-4,9-10H,5-8,11H2,1-2H3. The second-order valence-corrected chi connectivity index (χ2v) is 7.43. The topological polar surface area (TPSA) is 49.9 Å². The molecule has 0 unspecified atom stereocenters. The normalized spacial score (nSPS) is 14.1. The summed E-state index contributed by atoms with van der Waals surface area (Å²) >= 11 is 6.12. The molecule has 1 fully saturated rings. The minimum absolute atomic E-state index is 0.141. The second kappa shape index (κ2) is 8.95. The van der Waals surface area contributed by atoms with Gasteiger partial charge in [-0.3, -0.25) is 9.59 Å². The first-order chi connectivity index (χ1) is 14.2. The van der Waals surface area contributed by atoms with Gasteiger partial charge in [0.15, 0.2) is 24.1 Å². The maximum atomic E-state index is 13.9. The smallest absolute Gasteiger partial charge is 0.260 e. The number of halogens is 4. The fraction of sp³-hybridized carbons (Fsp3) is 0.333. The Balaban J connectivity index is 1.55. The number of aryl methyl sites for hydroxylation is 2. The summed E-state index contributed by atoms with van der Waals surface area (Å²) in [5.41, 5.74) is 1.15. The van der Waals surface area contributed by atoms with Gasteiger partial charge in [0.05, 0.1) is 5.56 Å². The van der Waals surface area contributed by atoms with E-state index in [2.05, 4.69) is 0 Å². The van der Waals surface area contributed by atoms with E-state index in [0.29, 0.717) is 16.8 Å². The van der Waals surface area contributed by atoms with Crippen molar-refractivity contribution < 1.29 is 27.5 Å². The van der Waals surface area contributed by atoms with Crippen molar-refractivity contribution in [3.63, 3.8) is 0 Å². The summed E-state index contributed by atoms with van der Waals surface area (Å²) in [5, 5.41) is 0.645. The highest BCUT2D eigenvalue weighted by atomic mass is 35.5. The molecule has 1 saturated heterocycles. The van der Waals surface area contributed by atoms with Crippen LogP contribution < -0.4 is 4.74 Å². The third-order valence-electron chi connectivity index (χ3n) is 4.96. The lowest BCUT2D eigenvalue weighted by Gasteiger charge is -2.34. The Hall–Kier alpha value is -2.74. The SMILES string of the molecule is Cc1cc(OCC(=O)N2CCN(C(=O)c3ccc(F)c(F)c3F)CC2)cc(C)c1Cl. The number of amides is 2. The van der Waals surface area contributed by atoms with Crippen molar-refractivity contribution in [2.24, 2.45) is 0 Å². The molecule has 0 saturated carbocycles. The van der Waals surface area contributed by atoms with Crippen molar-refractivity contribution >= 4 is 23.4 Å². The molecule has 0 aromatic heterocycles. The molecule has 1 heterocycles. The van der Waals surface area contributed by atoms with E-state index in [1.165, 1.54) is 9.80 Å². The molecule has 2 amide bonds. The molecule has 0 radical (unpaired) electrons. The van der Waals surface area contributed by atoms with Gasteiger partial charge in [0, 0.05) is 31.2 Å². The predicted octanol–water partition coefficient (Wildman–Crippen LogP) is 3.74. The van der Waals surface area contributed by atoms with E-state index < -0.39 is 28.9 Å². The largest absolute Gasteiger partial charge is 0.484 e. The van der Waals surface area contributed by atoms with Crippen molar-refractivity contribution in [3.8, 4) is 5.75 Å². The molecule has 3 rings (SSSR count). The van der Waals surface area contributed by atoms with E-state index in [1.807, 2.05) is 13.8 Å². The minimum atomic E-state index is -1.68. The molecule has 0 aliphatic carbocycles. The minimum Gasteiger partial charge on any atom is -0.484 e. The Morgan fingerprint density at radius 2 is 1.53 bits per heavy atom.